The molecule has 0 fully saturated rings. The number of nitrogens with two attached hydrogens (primary N) is 1. The molecule has 0 aliphatic rings. The molecule has 0 spiro atoms. The molecule has 1 aromatic rings. The Morgan fingerprint density at radius 3 is 2.05 bits per heavy atom. The molecular formula is C12H10F6N2O2. The van der Waals surface area contributed by atoms with E-state index in [-0.39, 0.29) is 6.07 Å². The number of carbonyl (C=O) groups excluding carboxylic acids is 2. The van der Waals surface area contributed by atoms with Crippen LogP contribution in [-0.2, 0) is 17.1 Å². The Balaban J connectivity index is 3.43. The van der Waals surface area contributed by atoms with Crippen LogP contribution in [0.15, 0.2) is 18.2 Å². The summed E-state index contributed by atoms with van der Waals surface area (Å²) in [7, 11) is 0. The van der Waals surface area contributed by atoms with E-state index in [0.29, 0.717) is 12.1 Å². The molecule has 10 heteroatoms. The first-order valence-corrected chi connectivity index (χ1v) is 5.73. The highest BCUT2D eigenvalue weighted by atomic mass is 19.4. The van der Waals surface area contributed by atoms with Crippen molar-refractivity contribution in [1.82, 2.24) is 5.32 Å². The monoisotopic (exact) mass is 328 g/mol. The number of hydrogen-bond acceptors (Lipinski definition) is 2. The van der Waals surface area contributed by atoms with E-state index in [9.17, 15) is 35.9 Å². The number of hydrogen-bond donors (Lipinski definition) is 2. The Hall–Kier alpha value is -2.26. The minimum Gasteiger partial charge on any atom is -0.368 e. The number of alkyl halides is 6. The molecule has 0 aliphatic heterocycles. The van der Waals surface area contributed by atoms with Gasteiger partial charge < -0.3 is 11.1 Å². The van der Waals surface area contributed by atoms with Crippen LogP contribution in [0.25, 0.3) is 0 Å². The standard InChI is InChI=1S/C12H10F6N2O2/c1-5(9(19)21)20-10(22)6-3-2-4-7(11(13,14)15)8(6)12(16,17)18/h2-5H,1H3,(H2,19,21)(H,20,22). The normalized spacial score (nSPS) is 13.6. The fraction of sp³-hybridized carbons (Fsp3) is 0.333. The summed E-state index contributed by atoms with van der Waals surface area (Å²) in [6.45, 7) is 1.08. The highest BCUT2D eigenvalue weighted by Crippen LogP contribution is 2.41. The molecule has 122 valence electrons. The van der Waals surface area contributed by atoms with Crippen LogP contribution in [0.4, 0.5) is 26.3 Å². The Kier molecular flexibility index (Phi) is 4.73. The average molecular weight is 328 g/mol. The van der Waals surface area contributed by atoms with E-state index in [1.807, 2.05) is 0 Å². The van der Waals surface area contributed by atoms with E-state index in [1.54, 1.807) is 5.32 Å². The van der Waals surface area contributed by atoms with Crippen molar-refractivity contribution in [3.63, 3.8) is 0 Å². The lowest BCUT2D eigenvalue weighted by Gasteiger charge is -2.19. The van der Waals surface area contributed by atoms with Crippen molar-refractivity contribution >= 4 is 11.8 Å². The second-order valence-corrected chi connectivity index (χ2v) is 4.32. The Morgan fingerprint density at radius 1 is 1.09 bits per heavy atom. The van der Waals surface area contributed by atoms with Crippen molar-refractivity contribution in [2.45, 2.75) is 25.3 Å². The molecule has 0 radical (unpaired) electrons. The molecular weight excluding hydrogens is 318 g/mol. The zero-order valence-corrected chi connectivity index (χ0v) is 11.0. The highest BCUT2D eigenvalue weighted by molar-refractivity contribution is 5.98. The van der Waals surface area contributed by atoms with Gasteiger partial charge in [-0.25, -0.2) is 0 Å². The number of amides is 2. The van der Waals surface area contributed by atoms with E-state index >= 15 is 0 Å². The van der Waals surface area contributed by atoms with E-state index in [2.05, 4.69) is 0 Å². The number of nitrogens with one attached hydrogen (secondary N) is 1. The summed E-state index contributed by atoms with van der Waals surface area (Å²) in [5.74, 6) is -2.53. The minimum atomic E-state index is -5.41. The molecule has 0 bridgehead atoms. The van der Waals surface area contributed by atoms with Crippen LogP contribution in [0.3, 0.4) is 0 Å². The minimum absolute atomic E-state index is 0.219. The van der Waals surface area contributed by atoms with Crippen molar-refractivity contribution in [3.05, 3.63) is 34.9 Å². The molecule has 0 saturated heterocycles. The summed E-state index contributed by atoms with van der Waals surface area (Å²) in [5, 5.41) is 1.81. The first-order valence-electron chi connectivity index (χ1n) is 5.73. The van der Waals surface area contributed by atoms with Crippen molar-refractivity contribution in [2.24, 2.45) is 5.73 Å². The highest BCUT2D eigenvalue weighted by Gasteiger charge is 2.45. The predicted molar refractivity (Wildman–Crippen MR) is 62.6 cm³/mol. The van der Waals surface area contributed by atoms with Gasteiger partial charge in [-0.05, 0) is 19.1 Å². The van der Waals surface area contributed by atoms with Gasteiger partial charge in [-0.3, -0.25) is 9.59 Å². The molecule has 1 aromatic carbocycles. The SMILES string of the molecule is CC(NC(=O)c1cccc(C(F)(F)F)c1C(F)(F)F)C(N)=O. The van der Waals surface area contributed by atoms with Crippen LogP contribution < -0.4 is 11.1 Å². The van der Waals surface area contributed by atoms with Crippen molar-refractivity contribution in [3.8, 4) is 0 Å². The Bertz CT molecular complexity index is 594. The maximum Gasteiger partial charge on any atom is 0.417 e. The second kappa shape index (κ2) is 5.85. The molecule has 2 amide bonds. The third-order valence-corrected chi connectivity index (χ3v) is 2.67. The van der Waals surface area contributed by atoms with Crippen LogP contribution in [0.5, 0.6) is 0 Å². The third-order valence-electron chi connectivity index (χ3n) is 2.67. The van der Waals surface area contributed by atoms with Crippen LogP contribution in [0.2, 0.25) is 0 Å². The van der Waals surface area contributed by atoms with Gasteiger partial charge in [0.25, 0.3) is 5.91 Å². The smallest absolute Gasteiger partial charge is 0.368 e. The first kappa shape index (κ1) is 17.8. The van der Waals surface area contributed by atoms with Gasteiger partial charge in [0.1, 0.15) is 6.04 Å². The summed E-state index contributed by atoms with van der Waals surface area (Å²) in [6, 6.07) is 0.128. The largest absolute Gasteiger partial charge is 0.417 e. The zero-order chi connectivity index (χ0) is 17.3. The third kappa shape index (κ3) is 3.89. The van der Waals surface area contributed by atoms with Crippen LogP contribution in [0, 0.1) is 0 Å². The molecule has 3 N–H and O–H groups in total. The van der Waals surface area contributed by atoms with Crippen molar-refractivity contribution in [2.75, 3.05) is 0 Å². The molecule has 0 saturated carbocycles. The molecule has 0 aromatic heterocycles. The van der Waals surface area contributed by atoms with Crippen LogP contribution in [-0.4, -0.2) is 17.9 Å². The molecule has 1 rings (SSSR count). The molecule has 22 heavy (non-hydrogen) atoms. The number of primary amides is 1. The van der Waals surface area contributed by atoms with Gasteiger partial charge in [0, 0.05) is 0 Å². The van der Waals surface area contributed by atoms with E-state index in [0.717, 1.165) is 6.92 Å². The summed E-state index contributed by atoms with van der Waals surface area (Å²) >= 11 is 0. The molecule has 0 heterocycles. The summed E-state index contributed by atoms with van der Waals surface area (Å²) in [4.78, 5) is 22.5. The van der Waals surface area contributed by atoms with Gasteiger partial charge in [-0.15, -0.1) is 0 Å². The Labute approximate surface area is 120 Å². The molecule has 0 aliphatic carbocycles. The lowest BCUT2D eigenvalue weighted by molar-refractivity contribution is -0.162. The van der Waals surface area contributed by atoms with E-state index in [4.69, 9.17) is 5.73 Å². The lowest BCUT2D eigenvalue weighted by Crippen LogP contribution is -2.42. The summed E-state index contributed by atoms with van der Waals surface area (Å²) in [5.41, 5.74) is -0.512. The molecule has 1 atom stereocenters. The first-order chi connectivity index (χ1) is 9.85. The average Bonchev–Trinajstić information content (AvgIpc) is 2.35. The Morgan fingerprint density at radius 2 is 1.64 bits per heavy atom. The van der Waals surface area contributed by atoms with Gasteiger partial charge in [-0.1, -0.05) is 6.07 Å². The van der Waals surface area contributed by atoms with Gasteiger partial charge >= 0.3 is 12.4 Å². The topological polar surface area (TPSA) is 72.2 Å². The van der Waals surface area contributed by atoms with Gasteiger partial charge in [0.05, 0.1) is 16.7 Å². The summed E-state index contributed by atoms with van der Waals surface area (Å²) < 4.78 is 76.9. The van der Waals surface area contributed by atoms with E-state index in [1.165, 1.54) is 0 Å². The fourth-order valence-corrected chi connectivity index (χ4v) is 1.63. The zero-order valence-electron chi connectivity index (χ0n) is 11.0. The van der Waals surface area contributed by atoms with Crippen LogP contribution >= 0.6 is 0 Å². The van der Waals surface area contributed by atoms with E-state index < -0.39 is 46.9 Å². The van der Waals surface area contributed by atoms with Gasteiger partial charge in [-0.2, -0.15) is 26.3 Å². The number of carbonyl (C=O) groups is 2. The number of benzene rings is 1. The maximum absolute atomic E-state index is 12.9. The molecule has 1 unspecified atom stereocenters. The number of rotatable bonds is 3. The van der Waals surface area contributed by atoms with Crippen LogP contribution in [0.1, 0.15) is 28.4 Å². The van der Waals surface area contributed by atoms with Crippen molar-refractivity contribution < 1.29 is 35.9 Å². The second-order valence-electron chi connectivity index (χ2n) is 4.32. The fourth-order valence-electron chi connectivity index (χ4n) is 1.63. The molecule has 4 nitrogen and oxygen atoms in total. The lowest BCUT2D eigenvalue weighted by atomic mass is 9.99. The quantitative estimate of drug-likeness (QED) is 0.836. The van der Waals surface area contributed by atoms with Gasteiger partial charge in [0.15, 0.2) is 0 Å². The van der Waals surface area contributed by atoms with Gasteiger partial charge in [0.2, 0.25) is 5.91 Å². The summed E-state index contributed by atoms with van der Waals surface area (Å²) in [6.07, 6.45) is -10.7. The van der Waals surface area contributed by atoms with Crippen molar-refractivity contribution in [1.29, 1.82) is 0 Å². The predicted octanol–water partition coefficient (Wildman–Crippen LogP) is 2.33. The number of halogens is 6. The maximum atomic E-state index is 12.9.